The molecule has 1 aromatic carbocycles. The molecule has 1 heterocycles. The number of rotatable bonds is 5. The number of aromatic nitrogens is 1. The Kier molecular flexibility index (Phi) is 4.14. The maximum absolute atomic E-state index is 3.49. The molecule has 0 fully saturated rings. The summed E-state index contributed by atoms with van der Waals surface area (Å²) >= 11 is 0. The van der Waals surface area contributed by atoms with Gasteiger partial charge in [0.1, 0.15) is 0 Å². The van der Waals surface area contributed by atoms with Gasteiger partial charge in [0.05, 0.1) is 6.54 Å². The standard InChI is InChI=1S/C15H19N2/c1-2-14-8-4-5-9-15(14)16-10-13-17-11-6-3-7-12-17/h3-9,11-12,16H,2,10,13H2,1H3/q+1. The van der Waals surface area contributed by atoms with Gasteiger partial charge in [0, 0.05) is 17.8 Å². The van der Waals surface area contributed by atoms with Gasteiger partial charge in [-0.1, -0.05) is 31.2 Å². The zero-order valence-corrected chi connectivity index (χ0v) is 10.3. The third-order valence-corrected chi connectivity index (χ3v) is 2.86. The van der Waals surface area contributed by atoms with Crippen LogP contribution in [0.4, 0.5) is 5.69 Å². The first-order valence-corrected chi connectivity index (χ1v) is 6.16. The molecule has 0 atom stereocenters. The molecular formula is C15H19N2+. The Morgan fingerprint density at radius 2 is 1.76 bits per heavy atom. The van der Waals surface area contributed by atoms with E-state index in [1.165, 1.54) is 11.3 Å². The summed E-state index contributed by atoms with van der Waals surface area (Å²) in [4.78, 5) is 0. The molecule has 0 saturated carbocycles. The molecule has 17 heavy (non-hydrogen) atoms. The number of para-hydroxylation sites is 1. The number of aryl methyl sites for hydroxylation is 1. The summed E-state index contributed by atoms with van der Waals surface area (Å²) in [6.07, 6.45) is 5.25. The first-order valence-electron chi connectivity index (χ1n) is 6.16. The molecule has 0 aliphatic rings. The lowest BCUT2D eigenvalue weighted by molar-refractivity contribution is -0.694. The van der Waals surface area contributed by atoms with Crippen LogP contribution < -0.4 is 9.88 Å². The quantitative estimate of drug-likeness (QED) is 0.776. The maximum Gasteiger partial charge on any atom is 0.168 e. The third kappa shape index (κ3) is 3.31. The van der Waals surface area contributed by atoms with E-state index in [9.17, 15) is 0 Å². The van der Waals surface area contributed by atoms with Crippen molar-refractivity contribution < 1.29 is 4.57 Å². The van der Waals surface area contributed by atoms with Crippen molar-refractivity contribution in [2.45, 2.75) is 19.9 Å². The minimum absolute atomic E-state index is 0.950. The van der Waals surface area contributed by atoms with Gasteiger partial charge >= 0.3 is 0 Å². The van der Waals surface area contributed by atoms with Crippen LogP contribution in [0.2, 0.25) is 0 Å². The first kappa shape index (κ1) is 11.6. The highest BCUT2D eigenvalue weighted by atomic mass is 15.0. The van der Waals surface area contributed by atoms with Crippen LogP contribution in [0.5, 0.6) is 0 Å². The molecule has 88 valence electrons. The van der Waals surface area contributed by atoms with Crippen LogP contribution in [0.15, 0.2) is 54.9 Å². The molecule has 0 aliphatic carbocycles. The number of anilines is 1. The molecule has 2 rings (SSSR count). The van der Waals surface area contributed by atoms with Crippen LogP contribution in [0.3, 0.4) is 0 Å². The fourth-order valence-corrected chi connectivity index (χ4v) is 1.90. The predicted molar refractivity (Wildman–Crippen MR) is 70.9 cm³/mol. The SMILES string of the molecule is CCc1ccccc1NCC[n+]1ccccc1. The van der Waals surface area contributed by atoms with Gasteiger partial charge < -0.3 is 5.32 Å². The second kappa shape index (κ2) is 6.04. The molecule has 0 unspecified atom stereocenters. The third-order valence-electron chi connectivity index (χ3n) is 2.86. The van der Waals surface area contributed by atoms with Gasteiger partial charge in [-0.05, 0) is 18.1 Å². The van der Waals surface area contributed by atoms with Crippen molar-refractivity contribution in [3.8, 4) is 0 Å². The van der Waals surface area contributed by atoms with Crippen molar-refractivity contribution in [3.05, 3.63) is 60.4 Å². The van der Waals surface area contributed by atoms with Crippen molar-refractivity contribution >= 4 is 5.69 Å². The van der Waals surface area contributed by atoms with Gasteiger partial charge in [0.25, 0.3) is 0 Å². The Morgan fingerprint density at radius 1 is 1.00 bits per heavy atom. The molecule has 0 spiro atoms. The highest BCUT2D eigenvalue weighted by Gasteiger charge is 2.00. The number of hydrogen-bond donors (Lipinski definition) is 1. The van der Waals surface area contributed by atoms with Crippen LogP contribution in [0.1, 0.15) is 12.5 Å². The van der Waals surface area contributed by atoms with Gasteiger partial charge in [-0.2, -0.15) is 0 Å². The zero-order valence-electron chi connectivity index (χ0n) is 10.3. The number of hydrogen-bond acceptors (Lipinski definition) is 1. The smallest absolute Gasteiger partial charge is 0.168 e. The average molecular weight is 227 g/mol. The summed E-state index contributed by atoms with van der Waals surface area (Å²) in [6, 6.07) is 14.6. The first-order chi connectivity index (χ1) is 8.40. The molecule has 0 bridgehead atoms. The Balaban J connectivity index is 1.90. The Morgan fingerprint density at radius 3 is 2.53 bits per heavy atom. The van der Waals surface area contributed by atoms with Crippen LogP contribution in [0, 0.1) is 0 Å². The van der Waals surface area contributed by atoms with Gasteiger partial charge in [0.15, 0.2) is 18.9 Å². The van der Waals surface area contributed by atoms with E-state index in [1.54, 1.807) is 0 Å². The highest BCUT2D eigenvalue weighted by molar-refractivity contribution is 5.50. The van der Waals surface area contributed by atoms with E-state index in [0.29, 0.717) is 0 Å². The molecule has 2 nitrogen and oxygen atoms in total. The minimum Gasteiger partial charge on any atom is -0.378 e. The average Bonchev–Trinajstić information content (AvgIpc) is 2.40. The fraction of sp³-hybridized carbons (Fsp3) is 0.267. The summed E-state index contributed by atoms with van der Waals surface area (Å²) in [6.45, 7) is 4.12. The van der Waals surface area contributed by atoms with Crippen molar-refractivity contribution in [1.29, 1.82) is 0 Å². The Bertz CT molecular complexity index is 451. The summed E-state index contributed by atoms with van der Waals surface area (Å²) in [5.41, 5.74) is 2.64. The molecule has 0 radical (unpaired) electrons. The number of pyridine rings is 1. The van der Waals surface area contributed by atoms with Crippen molar-refractivity contribution in [3.63, 3.8) is 0 Å². The lowest BCUT2D eigenvalue weighted by Crippen LogP contribution is -2.36. The van der Waals surface area contributed by atoms with Gasteiger partial charge in [0.2, 0.25) is 0 Å². The van der Waals surface area contributed by atoms with Gasteiger partial charge in [-0.15, -0.1) is 0 Å². The summed E-state index contributed by atoms with van der Waals surface area (Å²) in [7, 11) is 0. The van der Waals surface area contributed by atoms with Crippen LogP contribution in [-0.4, -0.2) is 6.54 Å². The van der Waals surface area contributed by atoms with E-state index in [2.05, 4.69) is 65.6 Å². The Hall–Kier alpha value is -1.83. The van der Waals surface area contributed by atoms with E-state index < -0.39 is 0 Å². The Labute approximate surface area is 103 Å². The van der Waals surface area contributed by atoms with Crippen molar-refractivity contribution in [2.75, 3.05) is 11.9 Å². The van der Waals surface area contributed by atoms with Gasteiger partial charge in [-0.3, -0.25) is 0 Å². The van der Waals surface area contributed by atoms with E-state index in [-0.39, 0.29) is 0 Å². The van der Waals surface area contributed by atoms with E-state index >= 15 is 0 Å². The molecular weight excluding hydrogens is 208 g/mol. The molecule has 0 saturated heterocycles. The largest absolute Gasteiger partial charge is 0.378 e. The number of nitrogens with zero attached hydrogens (tertiary/aromatic N) is 1. The molecule has 0 aliphatic heterocycles. The second-order valence-electron chi connectivity index (χ2n) is 4.05. The lowest BCUT2D eigenvalue weighted by Gasteiger charge is -2.08. The summed E-state index contributed by atoms with van der Waals surface area (Å²) in [5.74, 6) is 0. The van der Waals surface area contributed by atoms with Crippen molar-refractivity contribution in [2.24, 2.45) is 0 Å². The molecule has 1 N–H and O–H groups in total. The molecule has 2 aromatic rings. The van der Waals surface area contributed by atoms with E-state index in [4.69, 9.17) is 0 Å². The molecule has 2 heteroatoms. The van der Waals surface area contributed by atoms with Crippen LogP contribution >= 0.6 is 0 Å². The molecule has 0 amide bonds. The lowest BCUT2D eigenvalue weighted by atomic mass is 10.1. The van der Waals surface area contributed by atoms with Gasteiger partial charge in [-0.25, -0.2) is 4.57 Å². The molecule has 1 aromatic heterocycles. The normalized spacial score (nSPS) is 10.2. The zero-order chi connectivity index (χ0) is 11.9. The van der Waals surface area contributed by atoms with Crippen LogP contribution in [-0.2, 0) is 13.0 Å². The maximum atomic E-state index is 3.49. The highest BCUT2D eigenvalue weighted by Crippen LogP contribution is 2.14. The summed E-state index contributed by atoms with van der Waals surface area (Å²) < 4.78 is 2.18. The van der Waals surface area contributed by atoms with E-state index in [0.717, 1.165) is 19.5 Å². The number of benzene rings is 1. The van der Waals surface area contributed by atoms with E-state index in [1.807, 2.05) is 6.07 Å². The topological polar surface area (TPSA) is 15.9 Å². The van der Waals surface area contributed by atoms with Crippen molar-refractivity contribution in [1.82, 2.24) is 0 Å². The predicted octanol–water partition coefficient (Wildman–Crippen LogP) is 2.65. The van der Waals surface area contributed by atoms with Crippen LogP contribution in [0.25, 0.3) is 0 Å². The number of nitrogens with one attached hydrogen (secondary N) is 1. The second-order valence-corrected chi connectivity index (χ2v) is 4.05. The monoisotopic (exact) mass is 227 g/mol. The fourth-order valence-electron chi connectivity index (χ4n) is 1.90. The minimum atomic E-state index is 0.950. The summed E-state index contributed by atoms with van der Waals surface area (Å²) in [5, 5.41) is 3.49.